The van der Waals surface area contributed by atoms with E-state index in [0.29, 0.717) is 43.0 Å². The SMILES string of the molecule is CCOCCOCc1cccc(NC(=O)Cn2nnc3ccccc3c2=O)c1. The molecule has 0 fully saturated rings. The molecule has 8 heteroatoms. The number of aromatic nitrogens is 3. The molecule has 0 aliphatic carbocycles. The van der Waals surface area contributed by atoms with E-state index >= 15 is 0 Å². The van der Waals surface area contributed by atoms with Crippen LogP contribution in [0.5, 0.6) is 0 Å². The molecule has 28 heavy (non-hydrogen) atoms. The minimum Gasteiger partial charge on any atom is -0.379 e. The molecule has 0 saturated carbocycles. The number of hydrogen-bond donors (Lipinski definition) is 1. The average molecular weight is 382 g/mol. The van der Waals surface area contributed by atoms with E-state index < -0.39 is 0 Å². The van der Waals surface area contributed by atoms with E-state index in [9.17, 15) is 9.59 Å². The lowest BCUT2D eigenvalue weighted by Gasteiger charge is -2.09. The van der Waals surface area contributed by atoms with Gasteiger partial charge < -0.3 is 14.8 Å². The van der Waals surface area contributed by atoms with E-state index in [1.54, 1.807) is 30.3 Å². The zero-order valence-corrected chi connectivity index (χ0v) is 15.6. The molecule has 146 valence electrons. The molecule has 0 unspecified atom stereocenters. The van der Waals surface area contributed by atoms with Gasteiger partial charge in [-0.1, -0.05) is 29.5 Å². The third-order valence-electron chi connectivity index (χ3n) is 3.98. The molecule has 0 radical (unpaired) electrons. The second kappa shape index (κ2) is 9.72. The van der Waals surface area contributed by atoms with Crippen LogP contribution < -0.4 is 10.9 Å². The standard InChI is InChI=1S/C20H22N4O4/c1-2-27-10-11-28-14-15-6-5-7-16(12-15)21-19(25)13-24-20(26)17-8-3-4-9-18(17)22-23-24/h3-9,12H,2,10-11,13-14H2,1H3,(H,21,25). The summed E-state index contributed by atoms with van der Waals surface area (Å²) in [4.78, 5) is 24.7. The number of benzene rings is 2. The molecule has 2 aromatic carbocycles. The Balaban J connectivity index is 1.60. The molecule has 1 aromatic heterocycles. The number of hydrogen-bond acceptors (Lipinski definition) is 6. The van der Waals surface area contributed by atoms with E-state index in [1.807, 2.05) is 25.1 Å². The fraction of sp³-hybridized carbons (Fsp3) is 0.300. The summed E-state index contributed by atoms with van der Waals surface area (Å²) in [5, 5.41) is 11.0. The molecular weight excluding hydrogens is 360 g/mol. The fourth-order valence-electron chi connectivity index (χ4n) is 2.65. The minimum absolute atomic E-state index is 0.217. The van der Waals surface area contributed by atoms with Crippen LogP contribution in [0.1, 0.15) is 12.5 Å². The van der Waals surface area contributed by atoms with Gasteiger partial charge in [-0.3, -0.25) is 9.59 Å². The van der Waals surface area contributed by atoms with Crippen molar-refractivity contribution in [3.05, 3.63) is 64.4 Å². The lowest BCUT2D eigenvalue weighted by molar-refractivity contribution is -0.117. The monoisotopic (exact) mass is 382 g/mol. The lowest BCUT2D eigenvalue weighted by atomic mass is 10.2. The smallest absolute Gasteiger partial charge is 0.278 e. The van der Waals surface area contributed by atoms with Crippen molar-refractivity contribution in [2.45, 2.75) is 20.1 Å². The first kappa shape index (κ1) is 19.7. The second-order valence-electron chi connectivity index (χ2n) is 6.07. The zero-order valence-electron chi connectivity index (χ0n) is 15.6. The Morgan fingerprint density at radius 2 is 1.93 bits per heavy atom. The first-order chi connectivity index (χ1) is 13.7. The van der Waals surface area contributed by atoms with Gasteiger partial charge in [-0.2, -0.15) is 0 Å². The molecule has 1 amide bonds. The molecule has 1 N–H and O–H groups in total. The van der Waals surface area contributed by atoms with Crippen LogP contribution in [0.15, 0.2) is 53.3 Å². The van der Waals surface area contributed by atoms with Crippen LogP contribution in [0, 0.1) is 0 Å². The van der Waals surface area contributed by atoms with Gasteiger partial charge in [-0.05, 0) is 36.8 Å². The summed E-state index contributed by atoms with van der Waals surface area (Å²) >= 11 is 0. The summed E-state index contributed by atoms with van der Waals surface area (Å²) in [5.41, 5.74) is 1.70. The van der Waals surface area contributed by atoms with Crippen LogP contribution in [0.25, 0.3) is 10.9 Å². The molecule has 3 aromatic rings. The van der Waals surface area contributed by atoms with Crippen molar-refractivity contribution >= 4 is 22.5 Å². The summed E-state index contributed by atoms with van der Waals surface area (Å²) in [6.07, 6.45) is 0. The van der Waals surface area contributed by atoms with Crippen LogP contribution in [-0.2, 0) is 27.4 Å². The van der Waals surface area contributed by atoms with Gasteiger partial charge in [-0.15, -0.1) is 5.10 Å². The highest BCUT2D eigenvalue weighted by Crippen LogP contribution is 2.12. The molecule has 0 saturated heterocycles. The maximum atomic E-state index is 12.4. The fourth-order valence-corrected chi connectivity index (χ4v) is 2.65. The number of fused-ring (bicyclic) bond motifs is 1. The average Bonchev–Trinajstić information content (AvgIpc) is 2.70. The van der Waals surface area contributed by atoms with E-state index in [1.165, 1.54) is 0 Å². The van der Waals surface area contributed by atoms with Crippen molar-refractivity contribution in [3.63, 3.8) is 0 Å². The third-order valence-corrected chi connectivity index (χ3v) is 3.98. The molecule has 0 atom stereocenters. The Morgan fingerprint density at radius 3 is 2.79 bits per heavy atom. The number of carbonyl (C=O) groups excluding carboxylic acids is 1. The number of nitrogens with zero attached hydrogens (tertiary/aromatic N) is 3. The van der Waals surface area contributed by atoms with E-state index in [4.69, 9.17) is 9.47 Å². The largest absolute Gasteiger partial charge is 0.379 e. The number of ether oxygens (including phenoxy) is 2. The van der Waals surface area contributed by atoms with E-state index in [0.717, 1.165) is 10.2 Å². The molecule has 3 rings (SSSR count). The maximum Gasteiger partial charge on any atom is 0.278 e. The number of carbonyl (C=O) groups is 1. The Morgan fingerprint density at radius 1 is 1.11 bits per heavy atom. The van der Waals surface area contributed by atoms with Crippen molar-refractivity contribution in [1.29, 1.82) is 0 Å². The van der Waals surface area contributed by atoms with Gasteiger partial charge in [0, 0.05) is 12.3 Å². The van der Waals surface area contributed by atoms with Gasteiger partial charge in [0.1, 0.15) is 12.1 Å². The molecule has 8 nitrogen and oxygen atoms in total. The quantitative estimate of drug-likeness (QED) is 0.569. The predicted octanol–water partition coefficient (Wildman–Crippen LogP) is 1.98. The lowest BCUT2D eigenvalue weighted by Crippen LogP contribution is -2.30. The summed E-state index contributed by atoms with van der Waals surface area (Å²) in [6, 6.07) is 14.2. The van der Waals surface area contributed by atoms with Crippen molar-refractivity contribution in [2.24, 2.45) is 0 Å². The van der Waals surface area contributed by atoms with E-state index in [-0.39, 0.29) is 18.0 Å². The van der Waals surface area contributed by atoms with Crippen molar-refractivity contribution in [3.8, 4) is 0 Å². The molecular formula is C20H22N4O4. The molecule has 0 spiro atoms. The van der Waals surface area contributed by atoms with Crippen LogP contribution in [0.2, 0.25) is 0 Å². The van der Waals surface area contributed by atoms with Crippen molar-refractivity contribution < 1.29 is 14.3 Å². The Labute approximate surface area is 162 Å². The van der Waals surface area contributed by atoms with Crippen LogP contribution in [-0.4, -0.2) is 40.7 Å². The second-order valence-corrected chi connectivity index (χ2v) is 6.07. The number of amides is 1. The van der Waals surface area contributed by atoms with Gasteiger partial charge in [0.15, 0.2) is 0 Å². The highest BCUT2D eigenvalue weighted by atomic mass is 16.5. The minimum atomic E-state index is -0.360. The Bertz CT molecular complexity index is 1000. The van der Waals surface area contributed by atoms with Gasteiger partial charge >= 0.3 is 0 Å². The number of anilines is 1. The van der Waals surface area contributed by atoms with E-state index in [2.05, 4.69) is 15.6 Å². The normalized spacial score (nSPS) is 10.9. The summed E-state index contributed by atoms with van der Waals surface area (Å²) < 4.78 is 11.8. The summed E-state index contributed by atoms with van der Waals surface area (Å²) in [7, 11) is 0. The predicted molar refractivity (Wildman–Crippen MR) is 105 cm³/mol. The third kappa shape index (κ3) is 5.21. The zero-order chi connectivity index (χ0) is 19.8. The van der Waals surface area contributed by atoms with Gasteiger partial charge in [-0.25, -0.2) is 4.68 Å². The van der Waals surface area contributed by atoms with Crippen LogP contribution >= 0.6 is 0 Å². The molecule has 0 aliphatic heterocycles. The maximum absolute atomic E-state index is 12.4. The molecule has 1 heterocycles. The molecule has 0 aliphatic rings. The van der Waals surface area contributed by atoms with Crippen LogP contribution in [0.4, 0.5) is 5.69 Å². The topological polar surface area (TPSA) is 95.3 Å². The number of rotatable bonds is 9. The summed E-state index contributed by atoms with van der Waals surface area (Å²) in [5.74, 6) is -0.360. The van der Waals surface area contributed by atoms with Gasteiger partial charge in [0.2, 0.25) is 5.91 Å². The summed E-state index contributed by atoms with van der Waals surface area (Å²) in [6.45, 7) is 3.86. The van der Waals surface area contributed by atoms with Gasteiger partial charge in [0.05, 0.1) is 25.2 Å². The van der Waals surface area contributed by atoms with Gasteiger partial charge in [0.25, 0.3) is 5.56 Å². The van der Waals surface area contributed by atoms with Crippen molar-refractivity contribution in [1.82, 2.24) is 15.0 Å². The first-order valence-electron chi connectivity index (χ1n) is 9.04. The molecule has 0 bridgehead atoms. The highest BCUT2D eigenvalue weighted by molar-refractivity contribution is 5.90. The Kier molecular flexibility index (Phi) is 6.83. The van der Waals surface area contributed by atoms with Crippen molar-refractivity contribution in [2.75, 3.05) is 25.1 Å². The first-order valence-corrected chi connectivity index (χ1v) is 9.04. The Hall–Kier alpha value is -3.10. The highest BCUT2D eigenvalue weighted by Gasteiger charge is 2.10. The number of nitrogens with one attached hydrogen (secondary N) is 1. The van der Waals surface area contributed by atoms with Crippen LogP contribution in [0.3, 0.4) is 0 Å².